The van der Waals surface area contributed by atoms with Crippen molar-refractivity contribution in [3.05, 3.63) is 76.3 Å². The molecule has 0 N–H and O–H groups in total. The first-order valence-electron chi connectivity index (χ1n) is 10.3. The standard InChI is InChI=1S/C26H24BrN3O2/c1-3-8-21-16-20(18-24(27)25(21)32-15-4-2)17-22(19-28)26(31)30-13-11-29(12-14-30)23-9-6-5-7-10-23/h2-3,5-7,9-10,16-18H,1,8,11-15H2/b22-17-. The summed E-state index contributed by atoms with van der Waals surface area (Å²) < 4.78 is 6.36. The van der Waals surface area contributed by atoms with Gasteiger partial charge in [0.2, 0.25) is 0 Å². The maximum atomic E-state index is 13.0. The maximum Gasteiger partial charge on any atom is 0.264 e. The molecule has 1 heterocycles. The molecule has 0 atom stereocenters. The molecule has 0 saturated carbocycles. The Morgan fingerprint density at radius 1 is 1.22 bits per heavy atom. The summed E-state index contributed by atoms with van der Waals surface area (Å²) in [5.74, 6) is 2.84. The Hall–Kier alpha value is -3.48. The van der Waals surface area contributed by atoms with E-state index in [9.17, 15) is 10.1 Å². The summed E-state index contributed by atoms with van der Waals surface area (Å²) in [7, 11) is 0. The van der Waals surface area contributed by atoms with Gasteiger partial charge in [-0.15, -0.1) is 13.0 Å². The van der Waals surface area contributed by atoms with Crippen LogP contribution in [-0.2, 0) is 11.2 Å². The SMILES string of the molecule is C#CCOc1c(Br)cc(/C=C(/C#N)C(=O)N2CCN(c3ccccc3)CC2)cc1CC=C. The molecule has 1 aliphatic rings. The molecule has 32 heavy (non-hydrogen) atoms. The molecule has 0 unspecified atom stereocenters. The molecular formula is C26H24BrN3O2. The van der Waals surface area contributed by atoms with Gasteiger partial charge in [0, 0.05) is 31.9 Å². The third kappa shape index (κ3) is 5.60. The van der Waals surface area contributed by atoms with E-state index in [-0.39, 0.29) is 18.1 Å². The van der Waals surface area contributed by atoms with Crippen LogP contribution in [-0.4, -0.2) is 43.6 Å². The molecular weight excluding hydrogens is 466 g/mol. The van der Waals surface area contributed by atoms with Crippen molar-refractivity contribution in [3.63, 3.8) is 0 Å². The minimum atomic E-state index is -0.255. The quantitative estimate of drug-likeness (QED) is 0.249. The monoisotopic (exact) mass is 489 g/mol. The van der Waals surface area contributed by atoms with Gasteiger partial charge < -0.3 is 14.5 Å². The van der Waals surface area contributed by atoms with Gasteiger partial charge >= 0.3 is 0 Å². The van der Waals surface area contributed by atoms with Crippen molar-refractivity contribution in [2.24, 2.45) is 0 Å². The first kappa shape index (κ1) is 23.2. The number of nitrogens with zero attached hydrogens (tertiary/aromatic N) is 3. The van der Waals surface area contributed by atoms with E-state index in [4.69, 9.17) is 11.2 Å². The number of benzene rings is 2. The number of carbonyl (C=O) groups is 1. The maximum absolute atomic E-state index is 13.0. The normalized spacial score (nSPS) is 13.8. The number of rotatable bonds is 7. The molecule has 1 saturated heterocycles. The number of allylic oxidation sites excluding steroid dienone is 1. The molecule has 6 heteroatoms. The van der Waals surface area contributed by atoms with Gasteiger partial charge in [-0.3, -0.25) is 4.79 Å². The Kier molecular flexibility index (Phi) is 8.14. The number of piperazine rings is 1. The summed E-state index contributed by atoms with van der Waals surface area (Å²) in [6, 6.07) is 15.9. The molecule has 162 valence electrons. The molecule has 0 radical (unpaired) electrons. The van der Waals surface area contributed by atoms with Crippen molar-refractivity contribution in [2.45, 2.75) is 6.42 Å². The lowest BCUT2D eigenvalue weighted by Gasteiger charge is -2.36. The van der Waals surface area contributed by atoms with Crippen molar-refractivity contribution in [2.75, 3.05) is 37.7 Å². The second-order valence-corrected chi connectivity index (χ2v) is 8.12. The summed E-state index contributed by atoms with van der Waals surface area (Å²) in [4.78, 5) is 17.0. The van der Waals surface area contributed by atoms with Crippen LogP contribution >= 0.6 is 15.9 Å². The predicted molar refractivity (Wildman–Crippen MR) is 131 cm³/mol. The highest BCUT2D eigenvalue weighted by Gasteiger charge is 2.24. The zero-order valence-corrected chi connectivity index (χ0v) is 19.3. The summed E-state index contributed by atoms with van der Waals surface area (Å²) in [6.07, 6.45) is 9.26. The second-order valence-electron chi connectivity index (χ2n) is 7.26. The van der Waals surface area contributed by atoms with Crippen molar-refractivity contribution in [1.29, 1.82) is 5.26 Å². The van der Waals surface area contributed by atoms with E-state index >= 15 is 0 Å². The van der Waals surface area contributed by atoms with E-state index in [2.05, 4.69) is 51.5 Å². The Morgan fingerprint density at radius 3 is 2.56 bits per heavy atom. The smallest absolute Gasteiger partial charge is 0.264 e. The summed E-state index contributed by atoms with van der Waals surface area (Å²) in [5, 5.41) is 9.68. The van der Waals surface area contributed by atoms with E-state index in [0.717, 1.165) is 29.9 Å². The van der Waals surface area contributed by atoms with E-state index < -0.39 is 0 Å². The van der Waals surface area contributed by atoms with Crippen molar-refractivity contribution < 1.29 is 9.53 Å². The molecule has 3 rings (SSSR count). The molecule has 2 aromatic rings. The van der Waals surface area contributed by atoms with Gasteiger partial charge in [-0.1, -0.05) is 30.2 Å². The lowest BCUT2D eigenvalue weighted by atomic mass is 10.0. The summed E-state index contributed by atoms with van der Waals surface area (Å²) in [5.41, 5.74) is 2.85. The fourth-order valence-corrected chi connectivity index (χ4v) is 4.26. The van der Waals surface area contributed by atoms with Crippen molar-refractivity contribution in [1.82, 2.24) is 4.90 Å². The fraction of sp³-hybridized carbons (Fsp3) is 0.231. The van der Waals surface area contributed by atoms with Gasteiger partial charge in [0.05, 0.1) is 4.47 Å². The van der Waals surface area contributed by atoms with Gasteiger partial charge in [0.1, 0.15) is 24.0 Å². The number of carbonyl (C=O) groups excluding carboxylic acids is 1. The third-order valence-electron chi connectivity index (χ3n) is 5.16. The average Bonchev–Trinajstić information content (AvgIpc) is 2.82. The first-order chi connectivity index (χ1) is 15.6. The van der Waals surface area contributed by atoms with Crippen LogP contribution in [0, 0.1) is 23.7 Å². The topological polar surface area (TPSA) is 56.6 Å². The number of ether oxygens (including phenoxy) is 1. The van der Waals surface area contributed by atoms with Crippen LogP contribution in [0.2, 0.25) is 0 Å². The number of anilines is 1. The fourth-order valence-electron chi connectivity index (χ4n) is 3.62. The van der Waals surface area contributed by atoms with E-state index in [1.807, 2.05) is 30.3 Å². The van der Waals surface area contributed by atoms with Gasteiger partial charge in [0.15, 0.2) is 0 Å². The highest BCUT2D eigenvalue weighted by Crippen LogP contribution is 2.32. The number of amides is 1. The zero-order valence-electron chi connectivity index (χ0n) is 17.8. The predicted octanol–water partition coefficient (Wildman–Crippen LogP) is 4.45. The van der Waals surface area contributed by atoms with Crippen LogP contribution in [0.15, 0.2) is 65.2 Å². The van der Waals surface area contributed by atoms with Crippen LogP contribution in [0.1, 0.15) is 11.1 Å². The Bertz CT molecular complexity index is 1090. The average molecular weight is 490 g/mol. The van der Waals surface area contributed by atoms with Crippen LogP contribution < -0.4 is 9.64 Å². The van der Waals surface area contributed by atoms with Crippen LogP contribution in [0.5, 0.6) is 5.75 Å². The highest BCUT2D eigenvalue weighted by molar-refractivity contribution is 9.10. The largest absolute Gasteiger partial charge is 0.479 e. The lowest BCUT2D eigenvalue weighted by Crippen LogP contribution is -2.49. The Balaban J connectivity index is 1.77. The number of nitriles is 1. The van der Waals surface area contributed by atoms with Crippen LogP contribution in [0.4, 0.5) is 5.69 Å². The number of hydrogen-bond donors (Lipinski definition) is 0. The summed E-state index contributed by atoms with van der Waals surface area (Å²) in [6.45, 7) is 6.52. The third-order valence-corrected chi connectivity index (χ3v) is 5.75. The van der Waals surface area contributed by atoms with Crippen molar-refractivity contribution in [3.8, 4) is 24.2 Å². The van der Waals surface area contributed by atoms with Gasteiger partial charge in [-0.2, -0.15) is 5.26 Å². The van der Waals surface area contributed by atoms with Crippen LogP contribution in [0.25, 0.3) is 6.08 Å². The molecule has 0 bridgehead atoms. The number of terminal acetylenes is 1. The Morgan fingerprint density at radius 2 is 1.94 bits per heavy atom. The molecule has 1 amide bonds. The molecule has 0 spiro atoms. The molecule has 1 fully saturated rings. The van der Waals surface area contributed by atoms with Crippen LogP contribution in [0.3, 0.4) is 0 Å². The van der Waals surface area contributed by atoms with Gasteiger partial charge in [0.25, 0.3) is 5.91 Å². The first-order valence-corrected chi connectivity index (χ1v) is 11.1. The van der Waals surface area contributed by atoms with Gasteiger partial charge in [-0.25, -0.2) is 0 Å². The number of para-hydroxylation sites is 1. The zero-order chi connectivity index (χ0) is 22.9. The minimum absolute atomic E-state index is 0.104. The van der Waals surface area contributed by atoms with E-state index in [1.165, 1.54) is 0 Å². The Labute approximate surface area is 197 Å². The lowest BCUT2D eigenvalue weighted by molar-refractivity contribution is -0.126. The molecule has 0 aliphatic carbocycles. The molecule has 2 aromatic carbocycles. The minimum Gasteiger partial charge on any atom is -0.479 e. The summed E-state index contributed by atoms with van der Waals surface area (Å²) >= 11 is 3.51. The second kappa shape index (κ2) is 11.2. The van der Waals surface area contributed by atoms with E-state index in [1.54, 1.807) is 17.1 Å². The number of halogens is 1. The number of hydrogen-bond acceptors (Lipinski definition) is 4. The molecule has 1 aliphatic heterocycles. The highest BCUT2D eigenvalue weighted by atomic mass is 79.9. The van der Waals surface area contributed by atoms with Crippen molar-refractivity contribution >= 4 is 33.6 Å². The van der Waals surface area contributed by atoms with E-state index in [0.29, 0.717) is 29.7 Å². The molecule has 5 nitrogen and oxygen atoms in total. The molecule has 0 aromatic heterocycles. The van der Waals surface area contributed by atoms with Gasteiger partial charge in [-0.05, 0) is 63.8 Å².